The van der Waals surface area contributed by atoms with Crippen LogP contribution in [-0.2, 0) is 0 Å². The SMILES string of the molecule is SC(S)(Nc1ccccc1)Nc1ccccc1. The molecule has 2 N–H and O–H groups in total. The normalized spacial score (nSPS) is 10.9. The van der Waals surface area contributed by atoms with Gasteiger partial charge in [0.1, 0.15) is 0 Å². The van der Waals surface area contributed by atoms with Crippen molar-refractivity contribution in [2.75, 3.05) is 10.6 Å². The molecule has 0 amide bonds. The van der Waals surface area contributed by atoms with Gasteiger partial charge < -0.3 is 10.6 Å². The van der Waals surface area contributed by atoms with Crippen LogP contribution < -0.4 is 10.6 Å². The van der Waals surface area contributed by atoms with Crippen LogP contribution in [0.1, 0.15) is 0 Å². The van der Waals surface area contributed by atoms with E-state index in [0.29, 0.717) is 0 Å². The number of nitrogens with one attached hydrogen (secondary N) is 2. The molecule has 2 rings (SSSR count). The average molecular weight is 262 g/mol. The highest BCUT2D eigenvalue weighted by Gasteiger charge is 2.18. The molecule has 4 heteroatoms. The van der Waals surface area contributed by atoms with Gasteiger partial charge in [0, 0.05) is 11.4 Å². The van der Waals surface area contributed by atoms with Crippen molar-refractivity contribution >= 4 is 36.6 Å². The van der Waals surface area contributed by atoms with Gasteiger partial charge in [-0.3, -0.25) is 0 Å². The minimum Gasteiger partial charge on any atom is -0.346 e. The van der Waals surface area contributed by atoms with Crippen molar-refractivity contribution in [3.63, 3.8) is 0 Å². The van der Waals surface area contributed by atoms with Gasteiger partial charge in [-0.15, -0.1) is 25.3 Å². The fourth-order valence-corrected chi connectivity index (χ4v) is 1.99. The molecule has 0 aliphatic rings. The molecule has 0 atom stereocenters. The summed E-state index contributed by atoms with van der Waals surface area (Å²) >= 11 is 8.90. The van der Waals surface area contributed by atoms with Gasteiger partial charge in [0.15, 0.2) is 0 Å². The van der Waals surface area contributed by atoms with Crippen LogP contribution in [0.3, 0.4) is 0 Å². The Morgan fingerprint density at radius 2 is 1.00 bits per heavy atom. The van der Waals surface area contributed by atoms with E-state index < -0.39 is 4.33 Å². The summed E-state index contributed by atoms with van der Waals surface area (Å²) in [6.07, 6.45) is 0. The number of para-hydroxylation sites is 2. The summed E-state index contributed by atoms with van der Waals surface area (Å²) in [6.45, 7) is 0. The first-order valence-electron chi connectivity index (χ1n) is 5.27. The molecule has 2 nitrogen and oxygen atoms in total. The lowest BCUT2D eigenvalue weighted by Crippen LogP contribution is -2.34. The van der Waals surface area contributed by atoms with E-state index in [0.717, 1.165) is 11.4 Å². The van der Waals surface area contributed by atoms with Gasteiger partial charge in [-0.25, -0.2) is 0 Å². The highest BCUT2D eigenvalue weighted by atomic mass is 32.2. The maximum absolute atomic E-state index is 4.45. The van der Waals surface area contributed by atoms with Crippen molar-refractivity contribution in [2.45, 2.75) is 4.33 Å². The van der Waals surface area contributed by atoms with Crippen LogP contribution in [0.5, 0.6) is 0 Å². The fourth-order valence-electron chi connectivity index (χ4n) is 1.48. The summed E-state index contributed by atoms with van der Waals surface area (Å²) in [7, 11) is 0. The quantitative estimate of drug-likeness (QED) is 0.499. The van der Waals surface area contributed by atoms with Gasteiger partial charge in [0.25, 0.3) is 0 Å². The zero-order valence-corrected chi connectivity index (χ0v) is 11.0. The lowest BCUT2D eigenvalue weighted by Gasteiger charge is -2.27. The van der Waals surface area contributed by atoms with Crippen molar-refractivity contribution in [2.24, 2.45) is 0 Å². The fraction of sp³-hybridized carbons (Fsp3) is 0.0769. The van der Waals surface area contributed by atoms with E-state index >= 15 is 0 Å². The minimum atomic E-state index is -0.803. The standard InChI is InChI=1S/C13H14N2S2/c16-13(17,14-11-7-3-1-4-8-11)15-12-9-5-2-6-10-12/h1-10,14-17H. The van der Waals surface area contributed by atoms with Gasteiger partial charge in [0.2, 0.25) is 4.33 Å². The average Bonchev–Trinajstić information content (AvgIpc) is 2.30. The van der Waals surface area contributed by atoms with Gasteiger partial charge in [0.05, 0.1) is 0 Å². The second-order valence-electron chi connectivity index (χ2n) is 3.65. The highest BCUT2D eigenvalue weighted by molar-refractivity contribution is 8.00. The van der Waals surface area contributed by atoms with Crippen LogP contribution >= 0.6 is 25.3 Å². The minimum absolute atomic E-state index is 0.803. The van der Waals surface area contributed by atoms with Crippen molar-refractivity contribution in [3.05, 3.63) is 60.7 Å². The first kappa shape index (κ1) is 12.2. The lowest BCUT2D eigenvalue weighted by molar-refractivity contribution is 1.08. The topological polar surface area (TPSA) is 24.1 Å². The molecule has 0 unspecified atom stereocenters. The first-order valence-corrected chi connectivity index (χ1v) is 6.16. The molecule has 2 aromatic carbocycles. The monoisotopic (exact) mass is 262 g/mol. The molecular weight excluding hydrogens is 248 g/mol. The van der Waals surface area contributed by atoms with E-state index in [9.17, 15) is 0 Å². The van der Waals surface area contributed by atoms with Crippen LogP contribution in [0.25, 0.3) is 0 Å². The molecule has 0 aliphatic heterocycles. The summed E-state index contributed by atoms with van der Waals surface area (Å²) in [5.74, 6) is 0. The Balaban J connectivity index is 2.04. The molecule has 0 saturated heterocycles. The Labute approximate surface area is 112 Å². The lowest BCUT2D eigenvalue weighted by atomic mass is 10.3. The predicted molar refractivity (Wildman–Crippen MR) is 80.8 cm³/mol. The van der Waals surface area contributed by atoms with Crippen LogP contribution in [0.2, 0.25) is 0 Å². The maximum atomic E-state index is 4.45. The summed E-state index contributed by atoms with van der Waals surface area (Å²) in [4.78, 5) is 0. The van der Waals surface area contributed by atoms with Gasteiger partial charge >= 0.3 is 0 Å². The van der Waals surface area contributed by atoms with Crippen LogP contribution in [0.4, 0.5) is 11.4 Å². The van der Waals surface area contributed by atoms with E-state index in [2.05, 4.69) is 35.9 Å². The van der Waals surface area contributed by atoms with Crippen LogP contribution in [0.15, 0.2) is 60.7 Å². The second-order valence-corrected chi connectivity index (χ2v) is 5.35. The number of benzene rings is 2. The third-order valence-electron chi connectivity index (χ3n) is 2.18. The third-order valence-corrected chi connectivity index (χ3v) is 2.63. The summed E-state index contributed by atoms with van der Waals surface area (Å²) in [5.41, 5.74) is 1.92. The van der Waals surface area contributed by atoms with Crippen molar-refractivity contribution in [1.29, 1.82) is 0 Å². The second kappa shape index (κ2) is 5.38. The molecule has 0 bridgehead atoms. The van der Waals surface area contributed by atoms with Gasteiger partial charge in [-0.1, -0.05) is 36.4 Å². The number of anilines is 2. The predicted octanol–water partition coefficient (Wildman–Crippen LogP) is 3.68. The van der Waals surface area contributed by atoms with Crippen molar-refractivity contribution in [1.82, 2.24) is 0 Å². The van der Waals surface area contributed by atoms with E-state index in [1.54, 1.807) is 0 Å². The molecule has 0 radical (unpaired) electrons. The van der Waals surface area contributed by atoms with Gasteiger partial charge in [-0.05, 0) is 24.3 Å². The Morgan fingerprint density at radius 1 is 0.647 bits per heavy atom. The number of thiol groups is 2. The molecule has 2 aromatic rings. The molecule has 0 aromatic heterocycles. The molecule has 0 spiro atoms. The van der Waals surface area contributed by atoms with E-state index in [1.807, 2.05) is 60.7 Å². The molecule has 0 saturated carbocycles. The number of hydrogen-bond donors (Lipinski definition) is 4. The Kier molecular flexibility index (Phi) is 3.86. The molecule has 17 heavy (non-hydrogen) atoms. The van der Waals surface area contributed by atoms with Crippen molar-refractivity contribution in [3.8, 4) is 0 Å². The summed E-state index contributed by atoms with van der Waals surface area (Å²) < 4.78 is -0.803. The number of hydrogen-bond acceptors (Lipinski definition) is 4. The molecular formula is C13H14N2S2. The highest BCUT2D eigenvalue weighted by Crippen LogP contribution is 2.24. The Morgan fingerprint density at radius 3 is 1.35 bits per heavy atom. The van der Waals surface area contributed by atoms with Crippen LogP contribution in [0, 0.1) is 0 Å². The smallest absolute Gasteiger partial charge is 0.200 e. The number of rotatable bonds is 4. The molecule has 0 heterocycles. The van der Waals surface area contributed by atoms with Crippen LogP contribution in [-0.4, -0.2) is 4.33 Å². The zero-order valence-electron chi connectivity index (χ0n) is 9.17. The third kappa shape index (κ3) is 3.91. The zero-order chi connectivity index (χ0) is 12.1. The van der Waals surface area contributed by atoms with E-state index in [4.69, 9.17) is 0 Å². The largest absolute Gasteiger partial charge is 0.346 e. The van der Waals surface area contributed by atoms with Gasteiger partial charge in [-0.2, -0.15) is 0 Å². The van der Waals surface area contributed by atoms with Crippen molar-refractivity contribution < 1.29 is 0 Å². The van der Waals surface area contributed by atoms with E-state index in [1.165, 1.54) is 0 Å². The molecule has 88 valence electrons. The first-order chi connectivity index (χ1) is 8.16. The van der Waals surface area contributed by atoms with E-state index in [-0.39, 0.29) is 0 Å². The summed E-state index contributed by atoms with van der Waals surface area (Å²) in [5, 5.41) is 6.37. The molecule has 0 fully saturated rings. The Bertz CT molecular complexity index is 414. The Hall–Kier alpha value is -1.26. The summed E-state index contributed by atoms with van der Waals surface area (Å²) in [6, 6.07) is 19.6. The maximum Gasteiger partial charge on any atom is 0.200 e. The molecule has 0 aliphatic carbocycles.